The number of rotatable bonds is 8. The normalized spacial score (nSPS) is 14.8. The lowest BCUT2D eigenvalue weighted by molar-refractivity contribution is 0.276. The first-order chi connectivity index (χ1) is 9.85. The van der Waals surface area contributed by atoms with Gasteiger partial charge in [0.05, 0.1) is 6.61 Å². The Kier molecular flexibility index (Phi) is 7.24. The Hall–Kier alpha value is -1.02. The molecule has 0 bridgehead atoms. The minimum absolute atomic E-state index is 0.392. The predicted molar refractivity (Wildman–Crippen MR) is 91.9 cm³/mol. The first kappa shape index (κ1) is 18.0. The van der Waals surface area contributed by atoms with Gasteiger partial charge in [-0.1, -0.05) is 46.8 Å². The van der Waals surface area contributed by atoms with E-state index < -0.39 is 0 Å². The van der Waals surface area contributed by atoms with Crippen molar-refractivity contribution in [3.8, 4) is 5.75 Å². The zero-order chi connectivity index (χ0) is 15.9. The average Bonchev–Trinajstić information content (AvgIpc) is 2.37. The quantitative estimate of drug-likeness (QED) is 0.711. The van der Waals surface area contributed by atoms with Crippen LogP contribution in [0.2, 0.25) is 0 Å². The van der Waals surface area contributed by atoms with Gasteiger partial charge in [-0.15, -0.1) is 0 Å². The molecule has 2 unspecified atom stereocenters. The van der Waals surface area contributed by atoms with Gasteiger partial charge in [-0.25, -0.2) is 0 Å². The van der Waals surface area contributed by atoms with Crippen molar-refractivity contribution in [3.63, 3.8) is 0 Å². The van der Waals surface area contributed by atoms with Gasteiger partial charge < -0.3 is 10.1 Å². The third-order valence-electron chi connectivity index (χ3n) is 3.62. The van der Waals surface area contributed by atoms with Gasteiger partial charge in [0.25, 0.3) is 0 Å². The van der Waals surface area contributed by atoms with Crippen LogP contribution in [0.1, 0.15) is 66.0 Å². The van der Waals surface area contributed by atoms with Gasteiger partial charge in [0, 0.05) is 6.04 Å². The second kappa shape index (κ2) is 8.43. The molecule has 1 aromatic carbocycles. The van der Waals surface area contributed by atoms with Crippen LogP contribution in [0.4, 0.5) is 0 Å². The van der Waals surface area contributed by atoms with Crippen molar-refractivity contribution in [3.05, 3.63) is 29.8 Å². The van der Waals surface area contributed by atoms with Crippen molar-refractivity contribution in [1.82, 2.24) is 5.32 Å². The summed E-state index contributed by atoms with van der Waals surface area (Å²) in [6.07, 6.45) is 2.42. The molecule has 0 spiro atoms. The Balaban J connectivity index is 2.78. The second-order valence-electron chi connectivity index (χ2n) is 7.22. The lowest BCUT2D eigenvalue weighted by Crippen LogP contribution is -2.24. The summed E-state index contributed by atoms with van der Waals surface area (Å²) in [5.41, 5.74) is 1.73. The maximum Gasteiger partial charge on any atom is 0.119 e. The van der Waals surface area contributed by atoms with E-state index in [0.29, 0.717) is 17.4 Å². The second-order valence-corrected chi connectivity index (χ2v) is 7.22. The molecule has 0 saturated carbocycles. The van der Waals surface area contributed by atoms with Crippen molar-refractivity contribution in [2.75, 3.05) is 13.2 Å². The molecular weight excluding hydrogens is 258 g/mol. The van der Waals surface area contributed by atoms with Gasteiger partial charge in [-0.3, -0.25) is 0 Å². The van der Waals surface area contributed by atoms with Crippen LogP contribution in [-0.4, -0.2) is 13.2 Å². The van der Waals surface area contributed by atoms with E-state index in [1.165, 1.54) is 18.4 Å². The summed E-state index contributed by atoms with van der Waals surface area (Å²) in [5.74, 6) is 1.67. The van der Waals surface area contributed by atoms with Crippen LogP contribution in [0, 0.1) is 11.3 Å². The maximum absolute atomic E-state index is 5.63. The van der Waals surface area contributed by atoms with E-state index in [1.54, 1.807) is 0 Å². The topological polar surface area (TPSA) is 21.3 Å². The molecule has 0 radical (unpaired) electrons. The van der Waals surface area contributed by atoms with Gasteiger partial charge in [-0.2, -0.15) is 0 Å². The molecule has 0 amide bonds. The van der Waals surface area contributed by atoms with E-state index >= 15 is 0 Å². The summed E-state index contributed by atoms with van der Waals surface area (Å²) < 4.78 is 5.63. The Morgan fingerprint density at radius 2 is 1.90 bits per heavy atom. The highest BCUT2D eigenvalue weighted by Gasteiger charge is 2.20. The highest BCUT2D eigenvalue weighted by Crippen LogP contribution is 2.31. The Labute approximate surface area is 131 Å². The van der Waals surface area contributed by atoms with Crippen LogP contribution >= 0.6 is 0 Å². The molecule has 1 rings (SSSR count). The van der Waals surface area contributed by atoms with Crippen molar-refractivity contribution >= 4 is 0 Å². The molecule has 0 aliphatic heterocycles. The molecule has 120 valence electrons. The van der Waals surface area contributed by atoms with E-state index in [4.69, 9.17) is 4.74 Å². The number of ether oxygens (including phenoxy) is 1. The van der Waals surface area contributed by atoms with Crippen molar-refractivity contribution < 1.29 is 4.74 Å². The largest absolute Gasteiger partial charge is 0.494 e. The molecule has 0 aliphatic rings. The molecule has 2 atom stereocenters. The minimum atomic E-state index is 0.392. The molecule has 0 saturated heterocycles. The summed E-state index contributed by atoms with van der Waals surface area (Å²) in [5, 5.41) is 3.63. The third kappa shape index (κ3) is 6.99. The molecule has 2 nitrogen and oxygen atoms in total. The monoisotopic (exact) mass is 291 g/mol. The SMILES string of the molecule is CCNC(CC(C)CC(C)(C)C)c1cccc(OCC)c1. The first-order valence-electron chi connectivity index (χ1n) is 8.31. The van der Waals surface area contributed by atoms with Crippen LogP contribution in [-0.2, 0) is 0 Å². The highest BCUT2D eigenvalue weighted by molar-refractivity contribution is 5.30. The van der Waals surface area contributed by atoms with Crippen LogP contribution in [0.25, 0.3) is 0 Å². The zero-order valence-electron chi connectivity index (χ0n) is 14.7. The van der Waals surface area contributed by atoms with Crippen molar-refractivity contribution in [2.24, 2.45) is 11.3 Å². The molecule has 0 fully saturated rings. The Morgan fingerprint density at radius 1 is 1.19 bits per heavy atom. The van der Waals surface area contributed by atoms with Crippen molar-refractivity contribution in [1.29, 1.82) is 0 Å². The van der Waals surface area contributed by atoms with Crippen LogP contribution in [0.5, 0.6) is 5.75 Å². The predicted octanol–water partition coefficient (Wildman–Crippen LogP) is 5.20. The molecule has 1 aromatic rings. The summed E-state index contributed by atoms with van der Waals surface area (Å²) in [4.78, 5) is 0. The molecule has 0 heterocycles. The third-order valence-corrected chi connectivity index (χ3v) is 3.62. The lowest BCUT2D eigenvalue weighted by atomic mass is 9.82. The smallest absolute Gasteiger partial charge is 0.119 e. The fourth-order valence-electron chi connectivity index (χ4n) is 3.10. The van der Waals surface area contributed by atoms with Gasteiger partial charge in [0.1, 0.15) is 5.75 Å². The molecule has 0 aromatic heterocycles. The van der Waals surface area contributed by atoms with E-state index in [9.17, 15) is 0 Å². The van der Waals surface area contributed by atoms with Gasteiger partial charge in [0.15, 0.2) is 0 Å². The van der Waals surface area contributed by atoms with E-state index in [2.05, 4.69) is 58.1 Å². The standard InChI is InChI=1S/C19H33NO/c1-7-20-18(12-15(3)14-19(4,5)6)16-10-9-11-17(13-16)21-8-2/h9-11,13,15,18,20H,7-8,12,14H2,1-6H3. The molecule has 21 heavy (non-hydrogen) atoms. The van der Waals surface area contributed by atoms with Gasteiger partial charge in [-0.05, 0) is 55.3 Å². The molecular formula is C19H33NO. The van der Waals surface area contributed by atoms with Crippen LogP contribution in [0.15, 0.2) is 24.3 Å². The number of hydrogen-bond acceptors (Lipinski definition) is 2. The fourth-order valence-corrected chi connectivity index (χ4v) is 3.10. The maximum atomic E-state index is 5.63. The summed E-state index contributed by atoms with van der Waals surface area (Å²) in [6.45, 7) is 15.2. The molecule has 1 N–H and O–H groups in total. The lowest BCUT2D eigenvalue weighted by Gasteiger charge is -2.27. The number of benzene rings is 1. The first-order valence-corrected chi connectivity index (χ1v) is 8.31. The minimum Gasteiger partial charge on any atom is -0.494 e. The molecule has 0 aliphatic carbocycles. The van der Waals surface area contributed by atoms with Gasteiger partial charge in [0.2, 0.25) is 0 Å². The highest BCUT2D eigenvalue weighted by atomic mass is 16.5. The summed E-state index contributed by atoms with van der Waals surface area (Å²) in [7, 11) is 0. The zero-order valence-corrected chi connectivity index (χ0v) is 14.7. The molecule has 2 heteroatoms. The summed E-state index contributed by atoms with van der Waals surface area (Å²) >= 11 is 0. The fraction of sp³-hybridized carbons (Fsp3) is 0.684. The van der Waals surface area contributed by atoms with Crippen LogP contribution in [0.3, 0.4) is 0 Å². The Bertz CT molecular complexity index is 408. The number of nitrogens with one attached hydrogen (secondary N) is 1. The summed E-state index contributed by atoms with van der Waals surface area (Å²) in [6, 6.07) is 8.93. The average molecular weight is 291 g/mol. The number of hydrogen-bond donors (Lipinski definition) is 1. The van der Waals surface area contributed by atoms with E-state index in [1.807, 2.05) is 13.0 Å². The Morgan fingerprint density at radius 3 is 2.48 bits per heavy atom. The van der Waals surface area contributed by atoms with Crippen LogP contribution < -0.4 is 10.1 Å². The van der Waals surface area contributed by atoms with Crippen molar-refractivity contribution in [2.45, 2.75) is 60.4 Å². The van der Waals surface area contributed by atoms with Gasteiger partial charge >= 0.3 is 0 Å². The van der Waals surface area contributed by atoms with E-state index in [0.717, 1.165) is 18.9 Å². The van der Waals surface area contributed by atoms with E-state index in [-0.39, 0.29) is 0 Å².